The van der Waals surface area contributed by atoms with Crippen LogP contribution in [0.1, 0.15) is 9.67 Å². The molecule has 0 radical (unpaired) electrons. The van der Waals surface area contributed by atoms with Crippen molar-refractivity contribution in [2.75, 3.05) is 12.4 Å². The van der Waals surface area contributed by atoms with Crippen molar-refractivity contribution >= 4 is 62.3 Å². The minimum atomic E-state index is -0.478. The van der Waals surface area contributed by atoms with Gasteiger partial charge in [0, 0.05) is 3.57 Å². The molecular weight excluding hydrogens is 387 g/mol. The zero-order chi connectivity index (χ0) is 13.1. The zero-order valence-electron chi connectivity index (χ0n) is 9.24. The highest BCUT2D eigenvalue weighted by molar-refractivity contribution is 14.1. The van der Waals surface area contributed by atoms with E-state index >= 15 is 0 Å². The van der Waals surface area contributed by atoms with Crippen LogP contribution < -0.4 is 5.32 Å². The number of para-hydroxylation sites is 1. The Kier molecular flexibility index (Phi) is 4.41. The molecule has 1 aromatic carbocycles. The quantitative estimate of drug-likeness (QED) is 0.633. The van der Waals surface area contributed by atoms with E-state index in [2.05, 4.69) is 37.6 Å². The summed E-state index contributed by atoms with van der Waals surface area (Å²) in [6, 6.07) is 7.76. The van der Waals surface area contributed by atoms with Gasteiger partial charge in [0.15, 0.2) is 15.2 Å². The molecule has 0 fully saturated rings. The lowest BCUT2D eigenvalue weighted by Crippen LogP contribution is -1.98. The maximum absolute atomic E-state index is 11.4. The third-order valence-electron chi connectivity index (χ3n) is 2.07. The molecule has 94 valence electrons. The normalized spacial score (nSPS) is 10.2. The lowest BCUT2D eigenvalue weighted by molar-refractivity contribution is 0.0606. The molecule has 0 atom stereocenters. The van der Waals surface area contributed by atoms with Crippen LogP contribution in [-0.4, -0.2) is 18.1 Å². The van der Waals surface area contributed by atoms with Crippen molar-refractivity contribution in [1.82, 2.24) is 4.98 Å². The fourth-order valence-corrected chi connectivity index (χ4v) is 2.89. The first kappa shape index (κ1) is 13.6. The van der Waals surface area contributed by atoms with E-state index in [1.165, 1.54) is 7.11 Å². The van der Waals surface area contributed by atoms with Crippen LogP contribution in [0.5, 0.6) is 0 Å². The number of nitrogens with one attached hydrogen (secondary N) is 1. The topological polar surface area (TPSA) is 51.2 Å². The van der Waals surface area contributed by atoms with E-state index < -0.39 is 5.97 Å². The maximum atomic E-state index is 11.4. The molecule has 18 heavy (non-hydrogen) atoms. The molecule has 0 aliphatic rings. The summed E-state index contributed by atoms with van der Waals surface area (Å²) in [5.74, 6) is -0.478. The van der Waals surface area contributed by atoms with Crippen LogP contribution in [0.2, 0.25) is 5.15 Å². The van der Waals surface area contributed by atoms with Gasteiger partial charge in [0.1, 0.15) is 0 Å². The van der Waals surface area contributed by atoms with Gasteiger partial charge in [0.2, 0.25) is 0 Å². The first-order chi connectivity index (χ1) is 8.61. The maximum Gasteiger partial charge on any atom is 0.351 e. The Hall–Kier alpha value is -0.860. The molecular formula is C11H8ClIN2O2S. The van der Waals surface area contributed by atoms with E-state index in [-0.39, 0.29) is 5.15 Å². The average Bonchev–Trinajstić information content (AvgIpc) is 2.72. The minimum Gasteiger partial charge on any atom is -0.465 e. The molecule has 0 aliphatic heterocycles. The standard InChI is InChI=1S/C11H8ClIN2O2S/c1-17-10(16)8-9(12)15-11(18-8)14-7-5-3-2-4-6(7)13/h2-5H,1H3,(H,14,15). The van der Waals surface area contributed by atoms with Crippen molar-refractivity contribution in [3.63, 3.8) is 0 Å². The van der Waals surface area contributed by atoms with Crippen molar-refractivity contribution in [3.05, 3.63) is 37.9 Å². The second kappa shape index (κ2) is 5.85. The number of ether oxygens (including phenoxy) is 1. The molecule has 0 unspecified atom stereocenters. The fourth-order valence-electron chi connectivity index (χ4n) is 1.25. The van der Waals surface area contributed by atoms with Crippen molar-refractivity contribution < 1.29 is 9.53 Å². The van der Waals surface area contributed by atoms with E-state index in [1.807, 2.05) is 24.3 Å². The molecule has 0 saturated carbocycles. The number of anilines is 2. The van der Waals surface area contributed by atoms with Crippen molar-refractivity contribution in [2.45, 2.75) is 0 Å². The summed E-state index contributed by atoms with van der Waals surface area (Å²) in [5, 5.41) is 3.83. The van der Waals surface area contributed by atoms with Crippen molar-refractivity contribution in [2.24, 2.45) is 0 Å². The second-order valence-electron chi connectivity index (χ2n) is 3.24. The summed E-state index contributed by atoms with van der Waals surface area (Å²) < 4.78 is 5.68. The van der Waals surface area contributed by atoms with Gasteiger partial charge >= 0.3 is 5.97 Å². The van der Waals surface area contributed by atoms with E-state index in [9.17, 15) is 4.79 Å². The van der Waals surface area contributed by atoms with Crippen LogP contribution >= 0.6 is 45.5 Å². The number of carbonyl (C=O) groups is 1. The van der Waals surface area contributed by atoms with Gasteiger partial charge in [0.25, 0.3) is 0 Å². The number of nitrogens with zero attached hydrogens (tertiary/aromatic N) is 1. The lowest BCUT2D eigenvalue weighted by Gasteiger charge is -2.03. The predicted molar refractivity (Wildman–Crippen MR) is 80.9 cm³/mol. The largest absolute Gasteiger partial charge is 0.465 e. The molecule has 1 heterocycles. The number of halogens is 2. The molecule has 0 bridgehead atoms. The summed E-state index contributed by atoms with van der Waals surface area (Å²) >= 11 is 9.26. The van der Waals surface area contributed by atoms with Gasteiger partial charge in [-0.1, -0.05) is 35.1 Å². The van der Waals surface area contributed by atoms with E-state index in [4.69, 9.17) is 11.6 Å². The Morgan fingerprint density at radius 1 is 1.50 bits per heavy atom. The number of methoxy groups -OCH3 is 1. The highest BCUT2D eigenvalue weighted by Crippen LogP contribution is 2.30. The summed E-state index contributed by atoms with van der Waals surface area (Å²) in [6.07, 6.45) is 0. The summed E-state index contributed by atoms with van der Waals surface area (Å²) in [7, 11) is 1.31. The average molecular weight is 395 g/mol. The number of hydrogen-bond acceptors (Lipinski definition) is 5. The predicted octanol–water partition coefficient (Wildman–Crippen LogP) is 3.93. The summed E-state index contributed by atoms with van der Waals surface area (Å²) in [5.41, 5.74) is 0.917. The Balaban J connectivity index is 2.26. The van der Waals surface area contributed by atoms with Gasteiger partial charge in [-0.3, -0.25) is 0 Å². The van der Waals surface area contributed by atoms with Crippen LogP contribution in [0.3, 0.4) is 0 Å². The van der Waals surface area contributed by atoms with Gasteiger partial charge in [-0.15, -0.1) is 0 Å². The molecule has 0 amide bonds. The number of carbonyl (C=O) groups excluding carboxylic acids is 1. The first-order valence-electron chi connectivity index (χ1n) is 4.88. The monoisotopic (exact) mass is 394 g/mol. The van der Waals surface area contributed by atoms with Gasteiger partial charge in [-0.05, 0) is 34.7 Å². The summed E-state index contributed by atoms with van der Waals surface area (Å²) in [4.78, 5) is 15.8. The van der Waals surface area contributed by atoms with Crippen molar-refractivity contribution in [1.29, 1.82) is 0 Å². The third-order valence-corrected chi connectivity index (χ3v) is 4.35. The number of esters is 1. The number of thiazole rings is 1. The number of benzene rings is 1. The van der Waals surface area contributed by atoms with E-state index in [0.717, 1.165) is 20.6 Å². The molecule has 7 heteroatoms. The molecule has 0 saturated heterocycles. The van der Waals surface area contributed by atoms with E-state index in [0.29, 0.717) is 10.0 Å². The first-order valence-corrected chi connectivity index (χ1v) is 7.15. The molecule has 2 rings (SSSR count). The van der Waals surface area contributed by atoms with Crippen LogP contribution in [0.25, 0.3) is 0 Å². The van der Waals surface area contributed by atoms with Crippen molar-refractivity contribution in [3.8, 4) is 0 Å². The molecule has 1 N–H and O–H groups in total. The fraction of sp³-hybridized carbons (Fsp3) is 0.0909. The Morgan fingerprint density at radius 3 is 2.89 bits per heavy atom. The SMILES string of the molecule is COC(=O)c1sc(Nc2ccccc2I)nc1Cl. The Bertz CT molecular complexity index is 588. The van der Waals surface area contributed by atoms with Crippen LogP contribution in [0, 0.1) is 3.57 Å². The lowest BCUT2D eigenvalue weighted by atomic mass is 10.3. The van der Waals surface area contributed by atoms with Gasteiger partial charge in [0.05, 0.1) is 12.8 Å². The van der Waals surface area contributed by atoms with Crippen LogP contribution in [0.15, 0.2) is 24.3 Å². The highest BCUT2D eigenvalue weighted by atomic mass is 127. The van der Waals surface area contributed by atoms with Gasteiger partial charge in [-0.2, -0.15) is 0 Å². The second-order valence-corrected chi connectivity index (χ2v) is 5.75. The number of hydrogen-bond donors (Lipinski definition) is 1. The minimum absolute atomic E-state index is 0.153. The molecule has 4 nitrogen and oxygen atoms in total. The van der Waals surface area contributed by atoms with Crippen LogP contribution in [-0.2, 0) is 4.74 Å². The third kappa shape index (κ3) is 2.93. The molecule has 0 spiro atoms. The molecule has 1 aromatic heterocycles. The highest BCUT2D eigenvalue weighted by Gasteiger charge is 2.17. The Morgan fingerprint density at radius 2 is 2.22 bits per heavy atom. The smallest absolute Gasteiger partial charge is 0.351 e. The van der Waals surface area contributed by atoms with Gasteiger partial charge < -0.3 is 10.1 Å². The van der Waals surface area contributed by atoms with E-state index in [1.54, 1.807) is 0 Å². The van der Waals surface area contributed by atoms with Crippen LogP contribution in [0.4, 0.5) is 10.8 Å². The Labute approximate surface area is 126 Å². The molecule has 2 aromatic rings. The van der Waals surface area contributed by atoms with Gasteiger partial charge in [-0.25, -0.2) is 9.78 Å². The number of rotatable bonds is 3. The number of aromatic nitrogens is 1. The zero-order valence-corrected chi connectivity index (χ0v) is 13.0. The summed E-state index contributed by atoms with van der Waals surface area (Å²) in [6.45, 7) is 0. The molecule has 0 aliphatic carbocycles.